The number of nitro groups is 1. The first-order valence-electron chi connectivity index (χ1n) is 5.34. The predicted octanol–water partition coefficient (Wildman–Crippen LogP) is 1.82. The van der Waals surface area contributed by atoms with Crippen molar-refractivity contribution in [1.29, 1.82) is 0 Å². The number of nitrogen functional groups attached to an aromatic ring is 1. The van der Waals surface area contributed by atoms with Gasteiger partial charge in [0.2, 0.25) is 0 Å². The fourth-order valence-corrected chi connectivity index (χ4v) is 1.47. The molecular weight excluding hydrogens is 248 g/mol. The molecule has 0 fully saturated rings. The lowest BCUT2D eigenvalue weighted by Crippen LogP contribution is -2.14. The van der Waals surface area contributed by atoms with Crippen molar-refractivity contribution in [2.24, 2.45) is 0 Å². The zero-order valence-electron chi connectivity index (χ0n) is 9.74. The minimum absolute atomic E-state index is 0.0988. The van der Waals surface area contributed by atoms with Crippen molar-refractivity contribution < 1.29 is 9.72 Å². The van der Waals surface area contributed by atoms with Crippen LogP contribution in [0.15, 0.2) is 42.5 Å². The zero-order chi connectivity index (χ0) is 13.8. The van der Waals surface area contributed by atoms with Gasteiger partial charge in [-0.25, -0.2) is 4.98 Å². The number of non-ortho nitro benzene ring substituents is 1. The Bertz CT molecular complexity index is 642. The molecule has 3 N–H and O–H groups in total. The number of nitrogens with zero attached hydrogens (tertiary/aromatic N) is 2. The highest BCUT2D eigenvalue weighted by Gasteiger charge is 2.10. The first kappa shape index (κ1) is 12.5. The number of carbonyl (C=O) groups is 1. The number of hydrogen-bond donors (Lipinski definition) is 2. The second-order valence-electron chi connectivity index (χ2n) is 3.71. The smallest absolute Gasteiger partial charge is 0.274 e. The van der Waals surface area contributed by atoms with Crippen LogP contribution in [0.1, 0.15) is 10.5 Å². The van der Waals surface area contributed by atoms with E-state index in [0.29, 0.717) is 5.69 Å². The van der Waals surface area contributed by atoms with E-state index in [1.165, 1.54) is 24.3 Å². The third-order valence-electron chi connectivity index (χ3n) is 2.32. The number of aromatic nitrogens is 1. The molecule has 0 saturated carbocycles. The van der Waals surface area contributed by atoms with Gasteiger partial charge >= 0.3 is 0 Å². The van der Waals surface area contributed by atoms with Gasteiger partial charge in [-0.2, -0.15) is 0 Å². The van der Waals surface area contributed by atoms with Gasteiger partial charge < -0.3 is 11.1 Å². The second-order valence-corrected chi connectivity index (χ2v) is 3.71. The molecule has 0 aliphatic rings. The number of rotatable bonds is 3. The molecule has 19 heavy (non-hydrogen) atoms. The highest BCUT2D eigenvalue weighted by Crippen LogP contribution is 2.17. The number of carbonyl (C=O) groups excluding carboxylic acids is 1. The fourth-order valence-electron chi connectivity index (χ4n) is 1.47. The standard InChI is InChI=1S/C12H10N4O3/c13-11-6-2-5-10(15-11)12(17)14-8-3-1-4-9(7-8)16(18)19/h1-7H,(H2,13,15)(H,14,17). The van der Waals surface area contributed by atoms with E-state index in [-0.39, 0.29) is 17.2 Å². The third kappa shape index (κ3) is 3.03. The molecule has 1 aromatic heterocycles. The summed E-state index contributed by atoms with van der Waals surface area (Å²) in [6, 6.07) is 10.3. The Hall–Kier alpha value is -2.96. The molecule has 96 valence electrons. The van der Waals surface area contributed by atoms with Crippen LogP contribution < -0.4 is 11.1 Å². The number of nitrogens with one attached hydrogen (secondary N) is 1. The fraction of sp³-hybridized carbons (Fsp3) is 0. The largest absolute Gasteiger partial charge is 0.384 e. The van der Waals surface area contributed by atoms with Crippen LogP contribution in [0.5, 0.6) is 0 Å². The molecule has 0 aliphatic heterocycles. The molecule has 0 saturated heterocycles. The molecule has 0 atom stereocenters. The van der Waals surface area contributed by atoms with E-state index in [1.807, 2.05) is 0 Å². The summed E-state index contributed by atoms with van der Waals surface area (Å²) in [5.41, 5.74) is 5.84. The number of pyridine rings is 1. The first-order valence-corrected chi connectivity index (χ1v) is 5.34. The minimum Gasteiger partial charge on any atom is -0.384 e. The van der Waals surface area contributed by atoms with Crippen LogP contribution in [0.25, 0.3) is 0 Å². The average Bonchev–Trinajstić information content (AvgIpc) is 2.39. The number of nitrogens with two attached hydrogens (primary N) is 1. The number of benzene rings is 1. The summed E-state index contributed by atoms with van der Waals surface area (Å²) in [5.74, 6) is -0.250. The summed E-state index contributed by atoms with van der Waals surface area (Å²) in [4.78, 5) is 25.8. The van der Waals surface area contributed by atoms with Crippen molar-refractivity contribution in [2.75, 3.05) is 11.1 Å². The maximum Gasteiger partial charge on any atom is 0.274 e. The van der Waals surface area contributed by atoms with Crippen LogP contribution in [0.4, 0.5) is 17.2 Å². The number of amides is 1. The van der Waals surface area contributed by atoms with Gasteiger partial charge in [0, 0.05) is 17.8 Å². The van der Waals surface area contributed by atoms with Gasteiger partial charge in [0.05, 0.1) is 4.92 Å². The van der Waals surface area contributed by atoms with Crippen LogP contribution >= 0.6 is 0 Å². The second kappa shape index (κ2) is 5.13. The first-order chi connectivity index (χ1) is 9.06. The normalized spacial score (nSPS) is 9.89. The number of anilines is 2. The Morgan fingerprint density at radius 2 is 2.00 bits per heavy atom. The molecule has 0 unspecified atom stereocenters. The van der Waals surface area contributed by atoms with Gasteiger partial charge in [-0.05, 0) is 18.2 Å². The van der Waals surface area contributed by atoms with E-state index in [1.54, 1.807) is 18.2 Å². The summed E-state index contributed by atoms with van der Waals surface area (Å²) in [6.45, 7) is 0. The van der Waals surface area contributed by atoms with Crippen molar-refractivity contribution in [3.8, 4) is 0 Å². The lowest BCUT2D eigenvalue weighted by atomic mass is 10.2. The Kier molecular flexibility index (Phi) is 3.37. The predicted molar refractivity (Wildman–Crippen MR) is 69.7 cm³/mol. The van der Waals surface area contributed by atoms with E-state index in [0.717, 1.165) is 0 Å². The van der Waals surface area contributed by atoms with Crippen molar-refractivity contribution in [1.82, 2.24) is 4.98 Å². The molecular formula is C12H10N4O3. The topological polar surface area (TPSA) is 111 Å². The molecule has 2 rings (SSSR count). The van der Waals surface area contributed by atoms with Gasteiger partial charge in [-0.1, -0.05) is 12.1 Å². The van der Waals surface area contributed by atoms with E-state index in [4.69, 9.17) is 5.73 Å². The van der Waals surface area contributed by atoms with Crippen molar-refractivity contribution in [3.05, 3.63) is 58.3 Å². The van der Waals surface area contributed by atoms with Crippen LogP contribution in [0.3, 0.4) is 0 Å². The highest BCUT2D eigenvalue weighted by atomic mass is 16.6. The Labute approximate surface area is 108 Å². The highest BCUT2D eigenvalue weighted by molar-refractivity contribution is 6.03. The molecule has 7 heteroatoms. The SMILES string of the molecule is Nc1cccc(C(=O)Nc2cccc([N+](=O)[O-])c2)n1. The number of nitro benzene ring substituents is 1. The van der Waals surface area contributed by atoms with Crippen molar-refractivity contribution in [3.63, 3.8) is 0 Å². The molecule has 0 spiro atoms. The van der Waals surface area contributed by atoms with Crippen LogP contribution in [-0.2, 0) is 0 Å². The molecule has 0 aliphatic carbocycles. The monoisotopic (exact) mass is 258 g/mol. The van der Waals surface area contributed by atoms with Crippen LogP contribution in [0.2, 0.25) is 0 Å². The summed E-state index contributed by atoms with van der Waals surface area (Å²) < 4.78 is 0. The van der Waals surface area contributed by atoms with E-state index >= 15 is 0 Å². The summed E-state index contributed by atoms with van der Waals surface area (Å²) in [7, 11) is 0. The van der Waals surface area contributed by atoms with Gasteiger partial charge in [0.15, 0.2) is 0 Å². The quantitative estimate of drug-likeness (QED) is 0.644. The van der Waals surface area contributed by atoms with Crippen molar-refractivity contribution >= 4 is 23.1 Å². The van der Waals surface area contributed by atoms with E-state index in [9.17, 15) is 14.9 Å². The molecule has 2 aromatic rings. The van der Waals surface area contributed by atoms with Crippen LogP contribution in [0, 0.1) is 10.1 Å². The third-order valence-corrected chi connectivity index (χ3v) is 2.32. The summed E-state index contributed by atoms with van der Waals surface area (Å²) in [5, 5.41) is 13.1. The maximum atomic E-state index is 11.8. The lowest BCUT2D eigenvalue weighted by Gasteiger charge is -2.04. The average molecular weight is 258 g/mol. The Balaban J connectivity index is 2.19. The molecule has 1 amide bonds. The lowest BCUT2D eigenvalue weighted by molar-refractivity contribution is -0.384. The van der Waals surface area contributed by atoms with Gasteiger partial charge in [0.1, 0.15) is 11.5 Å². The van der Waals surface area contributed by atoms with E-state index in [2.05, 4.69) is 10.3 Å². The van der Waals surface area contributed by atoms with Gasteiger partial charge in [-0.3, -0.25) is 14.9 Å². The molecule has 1 aromatic carbocycles. The molecule has 1 heterocycles. The Morgan fingerprint density at radius 3 is 2.68 bits per heavy atom. The minimum atomic E-state index is -0.533. The van der Waals surface area contributed by atoms with E-state index < -0.39 is 10.8 Å². The number of hydrogen-bond acceptors (Lipinski definition) is 5. The van der Waals surface area contributed by atoms with Gasteiger partial charge in [-0.15, -0.1) is 0 Å². The van der Waals surface area contributed by atoms with Crippen LogP contribution in [-0.4, -0.2) is 15.8 Å². The summed E-state index contributed by atoms with van der Waals surface area (Å²) in [6.07, 6.45) is 0. The summed E-state index contributed by atoms with van der Waals surface area (Å²) >= 11 is 0. The zero-order valence-corrected chi connectivity index (χ0v) is 9.74. The molecule has 0 radical (unpaired) electrons. The maximum absolute atomic E-state index is 11.8. The molecule has 0 bridgehead atoms. The Morgan fingerprint density at radius 1 is 1.26 bits per heavy atom. The van der Waals surface area contributed by atoms with Gasteiger partial charge in [0.25, 0.3) is 11.6 Å². The van der Waals surface area contributed by atoms with Crippen molar-refractivity contribution in [2.45, 2.75) is 0 Å². The molecule has 7 nitrogen and oxygen atoms in total.